The Bertz CT molecular complexity index is 968. The van der Waals surface area contributed by atoms with Crippen molar-refractivity contribution in [3.8, 4) is 0 Å². The average Bonchev–Trinajstić information content (AvgIpc) is 2.82. The Morgan fingerprint density at radius 1 is 1.20 bits per heavy atom. The molecule has 25 heavy (non-hydrogen) atoms. The number of alkyl halides is 3. The summed E-state index contributed by atoms with van der Waals surface area (Å²) in [4.78, 5) is 16.4. The van der Waals surface area contributed by atoms with Gasteiger partial charge in [0.15, 0.2) is 10.8 Å². The number of aryl methyl sites for hydroxylation is 1. The molecule has 0 aliphatic rings. The molecule has 3 rings (SSSR count). The van der Waals surface area contributed by atoms with Gasteiger partial charge in [0.05, 0.1) is 21.5 Å². The molecule has 0 saturated carbocycles. The molecule has 0 radical (unpaired) electrons. The maximum Gasteiger partial charge on any atom is 0.416 e. The van der Waals surface area contributed by atoms with Crippen molar-refractivity contribution < 1.29 is 18.0 Å². The first-order chi connectivity index (χ1) is 11.7. The molecule has 0 aliphatic heterocycles. The van der Waals surface area contributed by atoms with Gasteiger partial charge in [-0.3, -0.25) is 4.79 Å². The number of anilines is 1. The van der Waals surface area contributed by atoms with Gasteiger partial charge in [-0.1, -0.05) is 23.2 Å². The number of amides is 1. The molecule has 10 heteroatoms. The smallest absolute Gasteiger partial charge is 0.322 e. The molecule has 2 heterocycles. The Labute approximate surface area is 149 Å². The normalized spacial score (nSPS) is 11.8. The fraction of sp³-hybridized carbons (Fsp3) is 0.133. The van der Waals surface area contributed by atoms with E-state index in [1.807, 2.05) is 0 Å². The van der Waals surface area contributed by atoms with Gasteiger partial charge in [-0.15, -0.1) is 0 Å². The van der Waals surface area contributed by atoms with Crippen molar-refractivity contribution in [3.05, 3.63) is 51.8 Å². The molecule has 0 aliphatic carbocycles. The summed E-state index contributed by atoms with van der Waals surface area (Å²) in [5.41, 5.74) is -0.190. The molecule has 1 N–H and O–H groups in total. The lowest BCUT2D eigenvalue weighted by Gasteiger charge is -2.09. The predicted octanol–water partition coefficient (Wildman–Crippen LogP) is 4.55. The van der Waals surface area contributed by atoms with Gasteiger partial charge < -0.3 is 5.32 Å². The van der Waals surface area contributed by atoms with Crippen LogP contribution in [-0.2, 0) is 13.2 Å². The molecular weight excluding hydrogens is 380 g/mol. The Kier molecular flexibility index (Phi) is 4.34. The van der Waals surface area contributed by atoms with Gasteiger partial charge in [0.2, 0.25) is 0 Å². The quantitative estimate of drug-likeness (QED) is 0.700. The van der Waals surface area contributed by atoms with Gasteiger partial charge in [0, 0.05) is 18.9 Å². The molecule has 1 aromatic carbocycles. The maximum absolute atomic E-state index is 12.6. The van der Waals surface area contributed by atoms with E-state index in [4.69, 9.17) is 23.2 Å². The number of pyridine rings is 1. The van der Waals surface area contributed by atoms with Crippen molar-refractivity contribution in [1.82, 2.24) is 14.8 Å². The number of carbonyl (C=O) groups excluding carboxylic acids is 1. The molecule has 5 nitrogen and oxygen atoms in total. The molecule has 130 valence electrons. The average molecular weight is 389 g/mol. The summed E-state index contributed by atoms with van der Waals surface area (Å²) in [7, 11) is 1.62. The number of carbonyl (C=O) groups is 1. The summed E-state index contributed by atoms with van der Waals surface area (Å²) in [5.74, 6) is -0.626. The van der Waals surface area contributed by atoms with Crippen molar-refractivity contribution in [2.45, 2.75) is 6.18 Å². The summed E-state index contributed by atoms with van der Waals surface area (Å²) < 4.78 is 39.1. The van der Waals surface area contributed by atoms with Gasteiger partial charge in [0.1, 0.15) is 0 Å². The zero-order chi connectivity index (χ0) is 18.4. The molecule has 3 aromatic rings. The van der Waals surface area contributed by atoms with Crippen LogP contribution in [0.5, 0.6) is 0 Å². The van der Waals surface area contributed by atoms with Crippen LogP contribution in [0.15, 0.2) is 30.5 Å². The van der Waals surface area contributed by atoms with Crippen LogP contribution < -0.4 is 5.32 Å². The lowest BCUT2D eigenvalue weighted by Crippen LogP contribution is -2.13. The van der Waals surface area contributed by atoms with Gasteiger partial charge in [-0.2, -0.15) is 18.3 Å². The first-order valence-corrected chi connectivity index (χ1v) is 7.59. The summed E-state index contributed by atoms with van der Waals surface area (Å²) in [6.07, 6.45) is -3.19. The molecular formula is C15H9Cl2F3N4O. The van der Waals surface area contributed by atoms with Crippen LogP contribution in [0, 0.1) is 0 Å². The zero-order valence-electron chi connectivity index (χ0n) is 12.5. The predicted molar refractivity (Wildman–Crippen MR) is 87.9 cm³/mol. The highest BCUT2D eigenvalue weighted by molar-refractivity contribution is 6.43. The minimum absolute atomic E-state index is 0.0314. The van der Waals surface area contributed by atoms with Gasteiger partial charge in [0.25, 0.3) is 5.91 Å². The Morgan fingerprint density at radius 3 is 2.44 bits per heavy atom. The fourth-order valence-electron chi connectivity index (χ4n) is 2.24. The SMILES string of the molecule is Cn1nc(Cl)c2c(Cl)c(C(=O)Nc3ccc(C(F)(F)F)cc3)cnc21. The number of halogens is 5. The summed E-state index contributed by atoms with van der Waals surface area (Å²) in [6.45, 7) is 0. The summed E-state index contributed by atoms with van der Waals surface area (Å²) in [5, 5.41) is 6.92. The van der Waals surface area contributed by atoms with Crippen LogP contribution in [0.2, 0.25) is 10.2 Å². The van der Waals surface area contributed by atoms with E-state index in [1.54, 1.807) is 7.05 Å². The number of benzene rings is 1. The van der Waals surface area contributed by atoms with E-state index in [0.717, 1.165) is 24.3 Å². The lowest BCUT2D eigenvalue weighted by atomic mass is 10.2. The number of fused-ring (bicyclic) bond motifs is 1. The van der Waals surface area contributed by atoms with Crippen LogP contribution >= 0.6 is 23.2 Å². The number of hydrogen-bond donors (Lipinski definition) is 1. The number of nitrogens with one attached hydrogen (secondary N) is 1. The molecule has 0 spiro atoms. The second-order valence-corrected chi connectivity index (χ2v) is 5.86. The number of hydrogen-bond acceptors (Lipinski definition) is 3. The minimum Gasteiger partial charge on any atom is -0.322 e. The third-order valence-corrected chi connectivity index (χ3v) is 4.12. The minimum atomic E-state index is -4.45. The van der Waals surface area contributed by atoms with Crippen LogP contribution in [0.1, 0.15) is 15.9 Å². The number of aromatic nitrogens is 3. The molecule has 2 aromatic heterocycles. The second kappa shape index (κ2) is 6.20. The fourth-order valence-corrected chi connectivity index (χ4v) is 2.89. The second-order valence-electron chi connectivity index (χ2n) is 5.13. The van der Waals surface area contributed by atoms with Crippen molar-refractivity contribution in [2.75, 3.05) is 5.32 Å². The molecule has 0 saturated heterocycles. The Balaban J connectivity index is 1.90. The van der Waals surface area contributed by atoms with Gasteiger partial charge >= 0.3 is 6.18 Å². The topological polar surface area (TPSA) is 59.8 Å². The van der Waals surface area contributed by atoms with Crippen molar-refractivity contribution in [1.29, 1.82) is 0 Å². The van der Waals surface area contributed by atoms with E-state index < -0.39 is 17.6 Å². The molecule has 0 fully saturated rings. The van der Waals surface area contributed by atoms with Crippen LogP contribution in [0.3, 0.4) is 0 Å². The highest BCUT2D eigenvalue weighted by Crippen LogP contribution is 2.32. The Morgan fingerprint density at radius 2 is 1.84 bits per heavy atom. The molecule has 0 bridgehead atoms. The largest absolute Gasteiger partial charge is 0.416 e. The zero-order valence-corrected chi connectivity index (χ0v) is 14.0. The molecule has 0 atom stereocenters. The summed E-state index contributed by atoms with van der Waals surface area (Å²) >= 11 is 12.2. The van der Waals surface area contributed by atoms with Crippen molar-refractivity contribution >= 4 is 45.8 Å². The number of nitrogens with zero attached hydrogens (tertiary/aromatic N) is 3. The van der Waals surface area contributed by atoms with Gasteiger partial charge in [-0.25, -0.2) is 9.67 Å². The standard InChI is InChI=1S/C15H9Cl2F3N4O/c1-24-13-10(12(17)23-24)11(16)9(6-21-13)14(25)22-8-4-2-7(3-5-8)15(18,19)20/h2-6H,1H3,(H,22,25). The van der Waals surface area contributed by atoms with Crippen LogP contribution in [0.25, 0.3) is 11.0 Å². The third kappa shape index (κ3) is 3.27. The van der Waals surface area contributed by atoms with E-state index in [2.05, 4.69) is 15.4 Å². The van der Waals surface area contributed by atoms with Crippen LogP contribution in [-0.4, -0.2) is 20.7 Å². The third-order valence-electron chi connectivity index (χ3n) is 3.46. The summed E-state index contributed by atoms with van der Waals surface area (Å²) in [6, 6.07) is 4.04. The maximum atomic E-state index is 12.6. The van der Waals surface area contributed by atoms with E-state index >= 15 is 0 Å². The van der Waals surface area contributed by atoms with E-state index in [0.29, 0.717) is 11.0 Å². The highest BCUT2D eigenvalue weighted by Gasteiger charge is 2.30. The number of rotatable bonds is 2. The molecule has 0 unspecified atom stereocenters. The van der Waals surface area contributed by atoms with E-state index in [1.165, 1.54) is 10.9 Å². The van der Waals surface area contributed by atoms with E-state index in [9.17, 15) is 18.0 Å². The van der Waals surface area contributed by atoms with E-state index in [-0.39, 0.29) is 21.4 Å². The van der Waals surface area contributed by atoms with Crippen molar-refractivity contribution in [3.63, 3.8) is 0 Å². The van der Waals surface area contributed by atoms with Crippen LogP contribution in [0.4, 0.5) is 18.9 Å². The first kappa shape index (κ1) is 17.5. The lowest BCUT2D eigenvalue weighted by molar-refractivity contribution is -0.137. The Hall–Kier alpha value is -2.32. The van der Waals surface area contributed by atoms with Crippen molar-refractivity contribution in [2.24, 2.45) is 7.05 Å². The first-order valence-electron chi connectivity index (χ1n) is 6.84. The van der Waals surface area contributed by atoms with Gasteiger partial charge in [-0.05, 0) is 24.3 Å². The monoisotopic (exact) mass is 388 g/mol. The molecule has 1 amide bonds. The highest BCUT2D eigenvalue weighted by atomic mass is 35.5.